The maximum Gasteiger partial charge on any atom is 0.267 e. The number of aryl methyl sites for hydroxylation is 2. The number of carbonyl (C=O) groups is 1. The number of aromatic nitrogens is 3. The Labute approximate surface area is 132 Å². The summed E-state index contributed by atoms with van der Waals surface area (Å²) < 4.78 is 1.90. The quantitative estimate of drug-likeness (QED) is 0.807. The minimum Gasteiger partial charge on any atom is -0.378 e. The molecule has 0 atom stereocenters. The van der Waals surface area contributed by atoms with E-state index in [-0.39, 0.29) is 5.91 Å². The van der Waals surface area contributed by atoms with E-state index in [2.05, 4.69) is 15.5 Å². The molecule has 22 heavy (non-hydrogen) atoms. The molecule has 0 radical (unpaired) electrons. The zero-order chi connectivity index (χ0) is 15.9. The minimum absolute atomic E-state index is 0.120. The molecular weight excluding hydrogens is 298 g/mol. The average Bonchev–Trinajstić information content (AvgIpc) is 3.01. The van der Waals surface area contributed by atoms with Crippen LogP contribution in [0.1, 0.15) is 21.2 Å². The normalized spacial score (nSPS) is 10.9. The molecule has 0 aliphatic heterocycles. The summed E-state index contributed by atoms with van der Waals surface area (Å²) in [6.07, 6.45) is 0. The number of rotatable bonds is 3. The van der Waals surface area contributed by atoms with E-state index in [1.807, 2.05) is 61.5 Å². The summed E-state index contributed by atoms with van der Waals surface area (Å²) in [5.74, 6) is 0.670. The van der Waals surface area contributed by atoms with Crippen LogP contribution in [0.25, 0.3) is 4.96 Å². The Morgan fingerprint density at radius 2 is 1.86 bits per heavy atom. The Morgan fingerprint density at radius 3 is 2.45 bits per heavy atom. The van der Waals surface area contributed by atoms with Crippen molar-refractivity contribution in [2.75, 3.05) is 24.3 Å². The molecule has 0 unspecified atom stereocenters. The molecule has 0 saturated heterocycles. The lowest BCUT2D eigenvalue weighted by Crippen LogP contribution is -2.13. The van der Waals surface area contributed by atoms with Crippen LogP contribution < -0.4 is 10.2 Å². The summed E-state index contributed by atoms with van der Waals surface area (Å²) in [4.78, 5) is 15.9. The van der Waals surface area contributed by atoms with Crippen molar-refractivity contribution in [3.05, 3.63) is 40.7 Å². The van der Waals surface area contributed by atoms with Crippen molar-refractivity contribution in [3.63, 3.8) is 0 Å². The van der Waals surface area contributed by atoms with Crippen molar-refractivity contribution in [1.82, 2.24) is 14.6 Å². The van der Waals surface area contributed by atoms with Crippen molar-refractivity contribution in [2.45, 2.75) is 13.8 Å². The molecule has 2 aromatic heterocycles. The highest BCUT2D eigenvalue weighted by Gasteiger charge is 2.18. The predicted molar refractivity (Wildman–Crippen MR) is 89.1 cm³/mol. The summed E-state index contributed by atoms with van der Waals surface area (Å²) in [5, 5.41) is 11.0. The van der Waals surface area contributed by atoms with Crippen molar-refractivity contribution >= 4 is 33.6 Å². The van der Waals surface area contributed by atoms with Crippen LogP contribution in [-0.4, -0.2) is 34.6 Å². The van der Waals surface area contributed by atoms with E-state index < -0.39 is 0 Å². The van der Waals surface area contributed by atoms with Crippen molar-refractivity contribution in [3.8, 4) is 0 Å². The number of anilines is 2. The fourth-order valence-corrected chi connectivity index (χ4v) is 3.31. The molecule has 2 heterocycles. The molecule has 6 nitrogen and oxygen atoms in total. The average molecular weight is 315 g/mol. The van der Waals surface area contributed by atoms with Gasteiger partial charge in [0.25, 0.3) is 5.91 Å². The van der Waals surface area contributed by atoms with E-state index >= 15 is 0 Å². The van der Waals surface area contributed by atoms with Crippen molar-refractivity contribution in [2.24, 2.45) is 0 Å². The van der Waals surface area contributed by atoms with E-state index in [4.69, 9.17) is 0 Å². The smallest absolute Gasteiger partial charge is 0.267 e. The summed E-state index contributed by atoms with van der Waals surface area (Å²) in [7, 11) is 3.96. The van der Waals surface area contributed by atoms with Crippen molar-refractivity contribution in [1.29, 1.82) is 0 Å². The largest absolute Gasteiger partial charge is 0.378 e. The third kappa shape index (κ3) is 2.43. The molecule has 1 aromatic carbocycles. The summed E-state index contributed by atoms with van der Waals surface area (Å²) >= 11 is 1.35. The molecule has 0 bridgehead atoms. The summed E-state index contributed by atoms with van der Waals surface area (Å²) in [6.45, 7) is 3.78. The Balaban J connectivity index is 1.85. The highest BCUT2D eigenvalue weighted by Crippen LogP contribution is 2.24. The van der Waals surface area contributed by atoms with E-state index in [1.165, 1.54) is 11.3 Å². The first kappa shape index (κ1) is 14.5. The summed E-state index contributed by atoms with van der Waals surface area (Å²) in [5.41, 5.74) is 2.73. The number of carbonyl (C=O) groups excluding carboxylic acids is 1. The number of thiazole rings is 1. The lowest BCUT2D eigenvalue weighted by molar-refractivity contribution is 0.102. The first-order valence-corrected chi connectivity index (χ1v) is 7.69. The monoisotopic (exact) mass is 315 g/mol. The Hall–Kier alpha value is -2.41. The second-order valence-corrected chi connectivity index (χ2v) is 6.25. The highest BCUT2D eigenvalue weighted by molar-refractivity contribution is 7.19. The van der Waals surface area contributed by atoms with E-state index in [0.29, 0.717) is 4.88 Å². The van der Waals surface area contributed by atoms with E-state index in [0.717, 1.165) is 27.9 Å². The van der Waals surface area contributed by atoms with Gasteiger partial charge in [0.05, 0.1) is 0 Å². The van der Waals surface area contributed by atoms with Gasteiger partial charge in [-0.05, 0) is 38.1 Å². The maximum absolute atomic E-state index is 12.5. The molecule has 0 aliphatic rings. The van der Waals surface area contributed by atoms with Gasteiger partial charge in [-0.1, -0.05) is 11.3 Å². The lowest BCUT2D eigenvalue weighted by Gasteiger charge is -2.12. The fourth-order valence-electron chi connectivity index (χ4n) is 2.30. The lowest BCUT2D eigenvalue weighted by atomic mass is 10.2. The molecule has 3 rings (SSSR count). The Bertz CT molecular complexity index is 832. The van der Waals surface area contributed by atoms with Crippen LogP contribution in [0.2, 0.25) is 0 Å². The molecule has 3 aromatic rings. The molecule has 0 saturated carbocycles. The van der Waals surface area contributed by atoms with Crippen LogP contribution in [0.3, 0.4) is 0 Å². The van der Waals surface area contributed by atoms with Gasteiger partial charge in [0.2, 0.25) is 4.96 Å². The number of hydrogen-bond donors (Lipinski definition) is 1. The number of hydrogen-bond acceptors (Lipinski definition) is 5. The van der Waals surface area contributed by atoms with Gasteiger partial charge in [-0.25, -0.2) is 0 Å². The molecule has 114 valence electrons. The van der Waals surface area contributed by atoms with E-state index in [1.54, 1.807) is 0 Å². The van der Waals surface area contributed by atoms with Crippen LogP contribution in [0, 0.1) is 13.8 Å². The second kappa shape index (κ2) is 5.42. The second-order valence-electron chi connectivity index (χ2n) is 5.28. The number of fused-ring (bicyclic) bond motifs is 1. The third-order valence-corrected chi connectivity index (χ3v) is 4.63. The Morgan fingerprint density at radius 1 is 1.18 bits per heavy atom. The van der Waals surface area contributed by atoms with Gasteiger partial charge >= 0.3 is 0 Å². The van der Waals surface area contributed by atoms with Gasteiger partial charge in [-0.15, -0.1) is 10.2 Å². The molecule has 7 heteroatoms. The van der Waals surface area contributed by atoms with Crippen LogP contribution in [0.5, 0.6) is 0 Å². The predicted octanol–water partition coefficient (Wildman–Crippen LogP) is 2.73. The third-order valence-electron chi connectivity index (χ3n) is 3.50. The molecule has 1 N–H and O–H groups in total. The SMILES string of the molecule is Cc1nnc2sc(C(=O)Nc3ccc(N(C)C)cc3)c(C)n12. The van der Waals surface area contributed by atoms with Crippen molar-refractivity contribution < 1.29 is 4.79 Å². The number of amides is 1. The standard InChI is InChI=1S/C15H17N5OS/c1-9-13(22-15-18-17-10(2)20(9)15)14(21)16-11-5-7-12(8-6-11)19(3)4/h5-8H,1-4H3,(H,16,21). The topological polar surface area (TPSA) is 62.5 Å². The molecule has 1 amide bonds. The fraction of sp³-hybridized carbons (Fsp3) is 0.267. The number of nitrogens with zero attached hydrogens (tertiary/aromatic N) is 4. The van der Waals surface area contributed by atoms with Gasteiger partial charge in [0, 0.05) is 31.2 Å². The van der Waals surface area contributed by atoms with Gasteiger partial charge in [-0.3, -0.25) is 9.20 Å². The highest BCUT2D eigenvalue weighted by atomic mass is 32.1. The molecule has 0 aliphatic carbocycles. The zero-order valence-electron chi connectivity index (χ0n) is 12.9. The first-order valence-electron chi connectivity index (χ1n) is 6.87. The number of nitrogens with one attached hydrogen (secondary N) is 1. The van der Waals surface area contributed by atoms with Crippen LogP contribution in [0.15, 0.2) is 24.3 Å². The van der Waals surface area contributed by atoms with Crippen LogP contribution >= 0.6 is 11.3 Å². The number of benzene rings is 1. The van der Waals surface area contributed by atoms with Gasteiger partial charge < -0.3 is 10.2 Å². The van der Waals surface area contributed by atoms with Crippen LogP contribution in [-0.2, 0) is 0 Å². The van der Waals surface area contributed by atoms with Crippen LogP contribution in [0.4, 0.5) is 11.4 Å². The minimum atomic E-state index is -0.120. The Kier molecular flexibility index (Phi) is 3.58. The summed E-state index contributed by atoms with van der Waals surface area (Å²) in [6, 6.07) is 7.73. The zero-order valence-corrected chi connectivity index (χ0v) is 13.7. The first-order chi connectivity index (χ1) is 10.5. The van der Waals surface area contributed by atoms with E-state index in [9.17, 15) is 4.79 Å². The molecule has 0 spiro atoms. The molecule has 0 fully saturated rings. The van der Waals surface area contributed by atoms with Gasteiger partial charge in [-0.2, -0.15) is 0 Å². The molecular formula is C15H17N5OS. The van der Waals surface area contributed by atoms with Gasteiger partial charge in [0.1, 0.15) is 10.7 Å². The maximum atomic E-state index is 12.5. The van der Waals surface area contributed by atoms with Gasteiger partial charge in [0.15, 0.2) is 0 Å².